The molecule has 0 bridgehead atoms. The van der Waals surface area contributed by atoms with Gasteiger partial charge in [-0.2, -0.15) is 0 Å². The molecule has 0 heterocycles. The number of rotatable bonds is 0. The molecule has 0 aliphatic rings. The second-order valence-electron chi connectivity index (χ2n) is 0.157. The molecule has 0 aliphatic heterocycles. The third-order valence-corrected chi connectivity index (χ3v) is 0. The van der Waals surface area contributed by atoms with Gasteiger partial charge in [0.25, 0.3) is 0 Å². The van der Waals surface area contributed by atoms with Gasteiger partial charge in [-0.3, -0.25) is 0 Å². The van der Waals surface area contributed by atoms with Crippen LogP contribution in [0.15, 0.2) is 0 Å². The van der Waals surface area contributed by atoms with Gasteiger partial charge in [0.1, 0.15) is 0 Å². The fourth-order valence-corrected chi connectivity index (χ4v) is 0. The maximum absolute atomic E-state index is 6.75. The Hall–Kier alpha value is 1.01. The average Bonchev–Trinajstić information content (AvgIpc) is 1.39. The van der Waals surface area contributed by atoms with Crippen LogP contribution in [0.1, 0.15) is 0 Å². The Morgan fingerprint density at radius 2 is 1.33 bits per heavy atom. The Morgan fingerprint density at radius 1 is 1.33 bits per heavy atom. The summed E-state index contributed by atoms with van der Waals surface area (Å²) in [6, 6.07) is 0. The van der Waals surface area contributed by atoms with Crippen LogP contribution in [0.25, 0.3) is 5.64 Å². The van der Waals surface area contributed by atoms with Crippen LogP contribution >= 0.6 is 19.6 Å². The number of nitrogens with zero attached hydrogens (tertiary/aromatic N) is 1. The van der Waals surface area contributed by atoms with E-state index < -0.39 is 0 Å². The first-order chi connectivity index (χ1) is 2.83. The fraction of sp³-hybridized carbons (Fsp3) is 0. The van der Waals surface area contributed by atoms with Crippen molar-refractivity contribution in [2.24, 2.45) is 0 Å². The van der Waals surface area contributed by atoms with Gasteiger partial charge in [0, 0.05) is 0 Å². The minimum atomic E-state index is -0.363. The van der Waals surface area contributed by atoms with E-state index in [9.17, 15) is 0 Å². The molecule has 0 atom stereocenters. The summed E-state index contributed by atoms with van der Waals surface area (Å²) in [5, 5.41) is 13.5. The summed E-state index contributed by atoms with van der Waals surface area (Å²) in [6.45, 7) is 0. The normalized spacial score (nSPS) is 5.00. The van der Waals surface area contributed by atoms with Crippen LogP contribution in [0, 0.1) is 0 Å². The zero-order valence-corrected chi connectivity index (χ0v) is 6.21. The average molecular weight is 208 g/mol. The topological polar surface area (TPSA) is 54.6 Å². The predicted octanol–water partition coefficient (Wildman–Crippen LogP) is 1.43. The van der Waals surface area contributed by atoms with E-state index in [2.05, 4.69) is 19.6 Å². The first-order valence-corrected chi connectivity index (χ1v) is 6.32. The van der Waals surface area contributed by atoms with E-state index in [4.69, 9.17) is 10.4 Å². The van der Waals surface area contributed by atoms with E-state index in [1.165, 1.54) is 5.64 Å². The van der Waals surface area contributed by atoms with E-state index in [0.29, 0.717) is 0 Å². The number of hydrogen-bond acceptors (Lipinski definition) is 4. The van der Waals surface area contributed by atoms with Crippen LogP contribution < -0.4 is 0 Å². The quantitative estimate of drug-likeness (QED) is 0.467. The summed E-state index contributed by atoms with van der Waals surface area (Å²) < 4.78 is 0. The minimum absolute atomic E-state index is 0.363. The van der Waals surface area contributed by atoms with E-state index in [1.54, 1.807) is 0 Å². The second-order valence-corrected chi connectivity index (χ2v) is 3.71. The van der Waals surface area contributed by atoms with Crippen molar-refractivity contribution >= 4 is 19.6 Å². The van der Waals surface area contributed by atoms with Gasteiger partial charge >= 0.3 is 34.6 Å². The molecule has 0 spiro atoms. The molecule has 2 N–H and O–H groups in total. The van der Waals surface area contributed by atoms with Gasteiger partial charge in [0.15, 0.2) is 0 Å². The van der Waals surface area contributed by atoms with Crippen molar-refractivity contribution in [3.63, 3.8) is 0 Å². The predicted molar refractivity (Wildman–Crippen MR) is 22.1 cm³/mol. The van der Waals surface area contributed by atoms with Crippen LogP contribution in [0.5, 0.6) is 0 Å². The van der Waals surface area contributed by atoms with Crippen molar-refractivity contribution in [3.05, 3.63) is 5.64 Å². The molecule has 0 radical (unpaired) electrons. The van der Waals surface area contributed by atoms with Crippen molar-refractivity contribution in [3.8, 4) is 0 Å². The van der Waals surface area contributed by atoms with Gasteiger partial charge in [-0.25, -0.2) is 0 Å². The molecule has 0 unspecified atom stereocenters. The van der Waals surface area contributed by atoms with E-state index in [0.717, 1.165) is 0 Å². The number of hydrogen-bond donors (Lipinski definition) is 2. The molecule has 3 nitrogen and oxygen atoms in total. The van der Waals surface area contributed by atoms with Gasteiger partial charge in [-0.15, -0.1) is 0 Å². The third-order valence-electron chi connectivity index (χ3n) is 0. The zero-order valence-electron chi connectivity index (χ0n) is 2.57. The summed E-state index contributed by atoms with van der Waals surface area (Å²) in [6.07, 6.45) is 0. The molecule has 0 saturated heterocycles. The fourth-order valence-electron chi connectivity index (χ4n) is 0. The van der Waals surface area contributed by atoms with E-state index in [-0.39, 0.29) is 14.9 Å². The molecule has 6 heavy (non-hydrogen) atoms. The second kappa shape index (κ2) is 16.7. The molecule has 0 fully saturated rings. The molecular formula is H2MoNO2S2-. The van der Waals surface area contributed by atoms with Crippen molar-refractivity contribution in [2.45, 2.75) is 0 Å². The molecule has 0 aromatic heterocycles. The van der Waals surface area contributed by atoms with Crippen molar-refractivity contribution in [1.82, 2.24) is 0 Å². The van der Waals surface area contributed by atoms with Crippen molar-refractivity contribution < 1.29 is 25.3 Å². The molecule has 0 aliphatic carbocycles. The van der Waals surface area contributed by atoms with Gasteiger partial charge in [-0.1, -0.05) is 0 Å². The van der Waals surface area contributed by atoms with Crippen molar-refractivity contribution in [1.29, 1.82) is 0 Å². The molecule has 0 aromatic carbocycles. The first-order valence-electron chi connectivity index (χ1n) is 0.733. The summed E-state index contributed by atoms with van der Waals surface area (Å²) in [5.41, 5.74) is 1.50. The van der Waals surface area contributed by atoms with Gasteiger partial charge in [0.2, 0.25) is 0 Å². The van der Waals surface area contributed by atoms with Gasteiger partial charge < -0.3 is 16.1 Å². The van der Waals surface area contributed by atoms with Crippen LogP contribution in [0.2, 0.25) is 0 Å². The molecule has 0 amide bonds. The van der Waals surface area contributed by atoms with Crippen molar-refractivity contribution in [2.75, 3.05) is 0 Å². The molecular weight excluding hydrogens is 206 g/mol. The summed E-state index contributed by atoms with van der Waals surface area (Å²) >= 11 is -0.363. The first kappa shape index (κ1) is 10.1. The Labute approximate surface area is 50.7 Å². The third kappa shape index (κ3) is 79.1. The molecule has 38 valence electrons. The van der Waals surface area contributed by atoms with E-state index in [1.807, 2.05) is 0 Å². The monoisotopic (exact) mass is 210 g/mol. The van der Waals surface area contributed by atoms with Crippen LogP contribution in [-0.2, 0) is 14.9 Å². The van der Waals surface area contributed by atoms with Crippen LogP contribution in [0.4, 0.5) is 0 Å². The van der Waals surface area contributed by atoms with Crippen LogP contribution in [-0.4, -0.2) is 10.4 Å². The Bertz CT molecular complexity index is 40.8. The maximum atomic E-state index is 6.75. The Balaban J connectivity index is 0. The van der Waals surface area contributed by atoms with Gasteiger partial charge in [-0.05, 0) is 0 Å². The molecule has 6 heteroatoms. The summed E-state index contributed by atoms with van der Waals surface area (Å²) in [7, 11) is 8.68. The standard InChI is InChI=1S/Mo.H2NO2.2S/c;2-1-3;;/h;2-3H;;/q;-1;;. The molecule has 0 rings (SSSR count). The Kier molecular flexibility index (Phi) is 28.0. The summed E-state index contributed by atoms with van der Waals surface area (Å²) in [4.78, 5) is 0. The SMILES string of the molecule is O[N-]O.[S]=[Mo]=[S]. The summed E-state index contributed by atoms with van der Waals surface area (Å²) in [5.74, 6) is 0. The van der Waals surface area contributed by atoms with Crippen LogP contribution in [0.3, 0.4) is 0 Å². The molecule has 0 aromatic rings. The Morgan fingerprint density at radius 3 is 1.33 bits per heavy atom. The van der Waals surface area contributed by atoms with Gasteiger partial charge in [0.05, 0.1) is 0 Å². The molecule has 0 saturated carbocycles. The zero-order chi connectivity index (χ0) is 5.41. The van der Waals surface area contributed by atoms with E-state index >= 15 is 0 Å².